The lowest BCUT2D eigenvalue weighted by Gasteiger charge is -2.16. The van der Waals surface area contributed by atoms with Crippen LogP contribution in [0, 0.1) is 0 Å². The van der Waals surface area contributed by atoms with Crippen molar-refractivity contribution < 1.29 is 5.11 Å². The van der Waals surface area contributed by atoms with Crippen molar-refractivity contribution in [1.29, 1.82) is 0 Å². The highest BCUT2D eigenvalue weighted by Gasteiger charge is 2.14. The predicted octanol–water partition coefficient (Wildman–Crippen LogP) is 1.78. The Labute approximate surface area is 79.4 Å². The van der Waals surface area contributed by atoms with Gasteiger partial charge in [0, 0.05) is 6.20 Å². The van der Waals surface area contributed by atoms with Crippen molar-refractivity contribution in [3.05, 3.63) is 18.0 Å². The molecule has 74 valence electrons. The summed E-state index contributed by atoms with van der Waals surface area (Å²) in [5.41, 5.74) is 0.379. The molecule has 0 radical (unpaired) electrons. The van der Waals surface area contributed by atoms with Gasteiger partial charge in [-0.05, 0) is 25.8 Å². The Morgan fingerprint density at radius 3 is 2.54 bits per heavy atom. The second kappa shape index (κ2) is 3.50. The fourth-order valence-corrected chi connectivity index (χ4v) is 1.17. The minimum atomic E-state index is -0.694. The molecule has 3 heteroatoms. The van der Waals surface area contributed by atoms with Crippen LogP contribution in [0.1, 0.15) is 39.3 Å². The summed E-state index contributed by atoms with van der Waals surface area (Å²) in [6.45, 7) is 8.32. The molecule has 0 unspecified atom stereocenters. The molecule has 0 aliphatic carbocycles. The number of hydrogen-bond donors (Lipinski definition) is 1. The average Bonchev–Trinajstić information content (AvgIpc) is 2.31. The molecule has 0 saturated carbocycles. The van der Waals surface area contributed by atoms with E-state index in [1.165, 1.54) is 0 Å². The third kappa shape index (κ3) is 3.19. The van der Waals surface area contributed by atoms with Crippen LogP contribution in [0.3, 0.4) is 0 Å². The van der Waals surface area contributed by atoms with Crippen LogP contribution in [-0.4, -0.2) is 20.5 Å². The van der Waals surface area contributed by atoms with Gasteiger partial charge in [-0.2, -0.15) is 5.10 Å². The highest BCUT2D eigenvalue weighted by atomic mass is 16.3. The van der Waals surface area contributed by atoms with E-state index in [4.69, 9.17) is 0 Å². The first-order valence-corrected chi connectivity index (χ1v) is 4.64. The van der Waals surface area contributed by atoms with Crippen LogP contribution in [0.2, 0.25) is 0 Å². The topological polar surface area (TPSA) is 38.0 Å². The maximum atomic E-state index is 9.56. The predicted molar refractivity (Wildman–Crippen MR) is 52.6 cm³/mol. The molecule has 1 heterocycles. The summed E-state index contributed by atoms with van der Waals surface area (Å²) in [5, 5.41) is 13.9. The number of aliphatic hydroxyl groups is 1. The van der Waals surface area contributed by atoms with Crippen molar-refractivity contribution in [1.82, 2.24) is 9.78 Å². The van der Waals surface area contributed by atoms with Gasteiger partial charge >= 0.3 is 0 Å². The summed E-state index contributed by atoms with van der Waals surface area (Å²) < 4.78 is 1.79. The quantitative estimate of drug-likeness (QED) is 0.773. The maximum Gasteiger partial charge on any atom is 0.0786 e. The maximum absolute atomic E-state index is 9.56. The van der Waals surface area contributed by atoms with E-state index in [1.54, 1.807) is 18.5 Å². The molecule has 1 rings (SSSR count). The van der Waals surface area contributed by atoms with Crippen LogP contribution < -0.4 is 0 Å². The molecule has 0 spiro atoms. The second-order valence-corrected chi connectivity index (χ2v) is 4.41. The van der Waals surface area contributed by atoms with Crippen LogP contribution in [-0.2, 0) is 6.54 Å². The van der Waals surface area contributed by atoms with E-state index < -0.39 is 5.60 Å². The Balaban J connectivity index is 2.70. The molecule has 0 aromatic carbocycles. The summed E-state index contributed by atoms with van der Waals surface area (Å²) in [4.78, 5) is 0. The van der Waals surface area contributed by atoms with Crippen LogP contribution in [0.25, 0.3) is 0 Å². The summed E-state index contributed by atoms with van der Waals surface area (Å²) in [6.07, 6.45) is 1.91. The third-order valence-corrected chi connectivity index (χ3v) is 1.80. The van der Waals surface area contributed by atoms with Crippen LogP contribution in [0.15, 0.2) is 12.3 Å². The van der Waals surface area contributed by atoms with Gasteiger partial charge in [0.05, 0.1) is 17.8 Å². The van der Waals surface area contributed by atoms with Crippen LogP contribution >= 0.6 is 0 Å². The number of rotatable bonds is 3. The fraction of sp³-hybridized carbons (Fsp3) is 0.700. The number of nitrogens with zero attached hydrogens (tertiary/aromatic N) is 2. The molecule has 0 atom stereocenters. The minimum absolute atomic E-state index is 0.447. The van der Waals surface area contributed by atoms with Gasteiger partial charge in [-0.1, -0.05) is 13.8 Å². The number of aromatic nitrogens is 2. The Morgan fingerprint density at radius 2 is 2.15 bits per heavy atom. The molecule has 0 aliphatic heterocycles. The first-order chi connectivity index (χ1) is 5.88. The molecule has 0 amide bonds. The lowest BCUT2D eigenvalue weighted by Crippen LogP contribution is -2.26. The van der Waals surface area contributed by atoms with E-state index >= 15 is 0 Å². The van der Waals surface area contributed by atoms with Gasteiger partial charge in [-0.15, -0.1) is 0 Å². The van der Waals surface area contributed by atoms with Crippen molar-refractivity contribution in [2.45, 2.75) is 45.8 Å². The smallest absolute Gasteiger partial charge is 0.0786 e. The summed E-state index contributed by atoms with van der Waals surface area (Å²) in [7, 11) is 0. The first-order valence-electron chi connectivity index (χ1n) is 4.64. The minimum Gasteiger partial charge on any atom is -0.389 e. The van der Waals surface area contributed by atoms with Gasteiger partial charge < -0.3 is 5.11 Å². The molecule has 0 saturated heterocycles. The molecule has 1 aromatic rings. The van der Waals surface area contributed by atoms with E-state index in [1.807, 2.05) is 12.3 Å². The summed E-state index contributed by atoms with van der Waals surface area (Å²) in [5.74, 6) is 0.447. The highest BCUT2D eigenvalue weighted by Crippen LogP contribution is 2.12. The van der Waals surface area contributed by atoms with Gasteiger partial charge in [0.15, 0.2) is 0 Å². The Kier molecular flexibility index (Phi) is 2.76. The van der Waals surface area contributed by atoms with Gasteiger partial charge in [-0.25, -0.2) is 0 Å². The van der Waals surface area contributed by atoms with Crippen molar-refractivity contribution in [3.63, 3.8) is 0 Å². The van der Waals surface area contributed by atoms with E-state index in [0.29, 0.717) is 12.5 Å². The average molecular weight is 182 g/mol. The third-order valence-electron chi connectivity index (χ3n) is 1.80. The molecule has 1 N–H and O–H groups in total. The number of hydrogen-bond acceptors (Lipinski definition) is 2. The van der Waals surface area contributed by atoms with Crippen LogP contribution in [0.4, 0.5) is 0 Å². The Morgan fingerprint density at radius 1 is 1.54 bits per heavy atom. The van der Waals surface area contributed by atoms with Gasteiger partial charge in [0.2, 0.25) is 0 Å². The summed E-state index contributed by atoms with van der Waals surface area (Å²) >= 11 is 0. The lowest BCUT2D eigenvalue weighted by atomic mass is 10.1. The van der Waals surface area contributed by atoms with Crippen molar-refractivity contribution in [3.8, 4) is 0 Å². The molecule has 3 nitrogen and oxygen atoms in total. The molecule has 0 fully saturated rings. The first kappa shape index (κ1) is 10.3. The molecule has 1 aromatic heterocycles. The Bertz CT molecular complexity index is 271. The van der Waals surface area contributed by atoms with Crippen molar-refractivity contribution >= 4 is 0 Å². The Hall–Kier alpha value is -0.830. The van der Waals surface area contributed by atoms with Gasteiger partial charge in [0.25, 0.3) is 0 Å². The SMILES string of the molecule is CC(C)c1ccn(CC(C)(C)O)n1. The molecular weight excluding hydrogens is 164 g/mol. The standard InChI is InChI=1S/C10H18N2O/c1-8(2)9-5-6-12(11-9)7-10(3,4)13/h5-6,8,13H,7H2,1-4H3. The largest absolute Gasteiger partial charge is 0.389 e. The molecule has 0 aliphatic rings. The monoisotopic (exact) mass is 182 g/mol. The van der Waals surface area contributed by atoms with Crippen LogP contribution in [0.5, 0.6) is 0 Å². The summed E-state index contributed by atoms with van der Waals surface area (Å²) in [6, 6.07) is 2.00. The lowest BCUT2D eigenvalue weighted by molar-refractivity contribution is 0.0576. The molecular formula is C10H18N2O. The van der Waals surface area contributed by atoms with Gasteiger partial charge in [-0.3, -0.25) is 4.68 Å². The zero-order valence-electron chi connectivity index (χ0n) is 8.78. The zero-order valence-corrected chi connectivity index (χ0v) is 8.78. The highest BCUT2D eigenvalue weighted by molar-refractivity contribution is 5.03. The van der Waals surface area contributed by atoms with E-state index in [2.05, 4.69) is 18.9 Å². The van der Waals surface area contributed by atoms with Crippen molar-refractivity contribution in [2.24, 2.45) is 0 Å². The van der Waals surface area contributed by atoms with E-state index in [9.17, 15) is 5.11 Å². The fourth-order valence-electron chi connectivity index (χ4n) is 1.17. The van der Waals surface area contributed by atoms with Crippen molar-refractivity contribution in [2.75, 3.05) is 0 Å². The van der Waals surface area contributed by atoms with E-state index in [0.717, 1.165) is 5.69 Å². The molecule has 0 bridgehead atoms. The second-order valence-electron chi connectivity index (χ2n) is 4.41. The normalized spacial score (nSPS) is 12.5. The molecule has 13 heavy (non-hydrogen) atoms. The zero-order chi connectivity index (χ0) is 10.1. The van der Waals surface area contributed by atoms with E-state index in [-0.39, 0.29) is 0 Å². The van der Waals surface area contributed by atoms with Gasteiger partial charge in [0.1, 0.15) is 0 Å².